The third-order valence-electron chi connectivity index (χ3n) is 6.64. The van der Waals surface area contributed by atoms with Crippen LogP contribution >= 0.6 is 0 Å². The fraction of sp³-hybridized carbons (Fsp3) is 0.500. The minimum absolute atomic E-state index is 0.0372. The average Bonchev–Trinajstić information content (AvgIpc) is 3.20. The van der Waals surface area contributed by atoms with E-state index in [0.29, 0.717) is 29.3 Å². The Bertz CT molecular complexity index is 986. The van der Waals surface area contributed by atoms with Crippen molar-refractivity contribution in [3.8, 4) is 0 Å². The third kappa shape index (κ3) is 5.42. The van der Waals surface area contributed by atoms with Gasteiger partial charge in [-0.15, -0.1) is 0 Å². The zero-order chi connectivity index (χ0) is 23.4. The van der Waals surface area contributed by atoms with E-state index in [1.165, 1.54) is 12.1 Å². The van der Waals surface area contributed by atoms with Crippen LogP contribution in [0.5, 0.6) is 0 Å². The maximum Gasteiger partial charge on any atom is 0.270 e. The third-order valence-corrected chi connectivity index (χ3v) is 8.45. The van der Waals surface area contributed by atoms with Crippen LogP contribution in [0.25, 0.3) is 0 Å². The summed E-state index contributed by atoms with van der Waals surface area (Å²) in [6.07, 6.45) is 6.13. The number of hydrogen-bond acceptors (Lipinski definition) is 5. The van der Waals surface area contributed by atoms with Crippen molar-refractivity contribution in [2.45, 2.75) is 48.8 Å². The van der Waals surface area contributed by atoms with Gasteiger partial charge in [0.25, 0.3) is 5.91 Å². The number of hydrogen-bond donors (Lipinski definition) is 1. The highest BCUT2D eigenvalue weighted by Crippen LogP contribution is 2.25. The van der Waals surface area contributed by atoms with Crippen LogP contribution in [-0.2, 0) is 17.7 Å². The smallest absolute Gasteiger partial charge is 0.270 e. The maximum atomic E-state index is 13.1. The first kappa shape index (κ1) is 23.8. The highest BCUT2D eigenvalue weighted by molar-refractivity contribution is 7.92. The fourth-order valence-corrected chi connectivity index (χ4v) is 6.08. The fourth-order valence-electron chi connectivity index (χ4n) is 4.65. The summed E-state index contributed by atoms with van der Waals surface area (Å²) < 4.78 is 27.8. The molecule has 178 valence electrons. The first-order valence-corrected chi connectivity index (χ1v) is 12.7. The topological polar surface area (TPSA) is 84.1 Å². The van der Waals surface area contributed by atoms with E-state index in [1.807, 2.05) is 16.8 Å². The monoisotopic (exact) mass is 474 g/mol. The van der Waals surface area contributed by atoms with Crippen molar-refractivity contribution in [1.82, 2.24) is 14.4 Å². The van der Waals surface area contributed by atoms with Crippen molar-refractivity contribution < 1.29 is 18.9 Å². The average molecular weight is 475 g/mol. The Labute approximate surface area is 197 Å². The Kier molecular flexibility index (Phi) is 7.72. The molecular formula is C24H31FN4O3S. The van der Waals surface area contributed by atoms with Gasteiger partial charge in [-0.25, -0.2) is 4.39 Å². The molecule has 3 heterocycles. The number of carbonyl (C=O) groups excluding carboxylic acids is 1. The summed E-state index contributed by atoms with van der Waals surface area (Å²) >= 11 is -1.09. The number of unbranched alkanes of at least 4 members (excludes halogenated alkanes) is 1. The normalized spacial score (nSPS) is 20.2. The van der Waals surface area contributed by atoms with E-state index in [2.05, 4.69) is 10.1 Å². The molecule has 1 aromatic carbocycles. The number of benzene rings is 1. The van der Waals surface area contributed by atoms with E-state index in [9.17, 15) is 18.9 Å². The van der Waals surface area contributed by atoms with Crippen molar-refractivity contribution in [2.24, 2.45) is 5.16 Å². The van der Waals surface area contributed by atoms with Gasteiger partial charge in [-0.05, 0) is 60.9 Å². The molecule has 1 N–H and O–H groups in total. The van der Waals surface area contributed by atoms with Crippen LogP contribution in [0.4, 0.5) is 4.39 Å². The Morgan fingerprint density at radius 2 is 1.82 bits per heavy atom. The summed E-state index contributed by atoms with van der Waals surface area (Å²) in [6, 6.07) is 7.85. The second-order valence-electron chi connectivity index (χ2n) is 8.79. The maximum absolute atomic E-state index is 13.1. The molecule has 2 aromatic rings. The number of amides is 1. The van der Waals surface area contributed by atoms with E-state index in [0.717, 1.165) is 57.4 Å². The van der Waals surface area contributed by atoms with Crippen molar-refractivity contribution in [3.63, 3.8) is 0 Å². The van der Waals surface area contributed by atoms with Gasteiger partial charge in [0.2, 0.25) is 0 Å². The van der Waals surface area contributed by atoms with E-state index in [-0.39, 0.29) is 17.0 Å². The van der Waals surface area contributed by atoms with Crippen LogP contribution in [0.15, 0.2) is 46.6 Å². The van der Waals surface area contributed by atoms with Crippen LogP contribution in [0.2, 0.25) is 0 Å². The van der Waals surface area contributed by atoms with Crippen molar-refractivity contribution in [1.29, 1.82) is 0 Å². The summed E-state index contributed by atoms with van der Waals surface area (Å²) in [5.74, 6) is -0.343. The molecule has 1 atom stereocenters. The van der Waals surface area contributed by atoms with Crippen molar-refractivity contribution in [3.05, 3.63) is 53.6 Å². The van der Waals surface area contributed by atoms with Gasteiger partial charge in [0.05, 0.1) is 5.71 Å². The van der Waals surface area contributed by atoms with Gasteiger partial charge in [0.15, 0.2) is 4.90 Å². The van der Waals surface area contributed by atoms with Gasteiger partial charge in [0.1, 0.15) is 16.8 Å². The molecular weight excluding hydrogens is 443 g/mol. The van der Waals surface area contributed by atoms with Gasteiger partial charge in [0, 0.05) is 64.2 Å². The van der Waals surface area contributed by atoms with Crippen LogP contribution in [-0.4, -0.2) is 74.2 Å². The molecule has 33 heavy (non-hydrogen) atoms. The summed E-state index contributed by atoms with van der Waals surface area (Å²) in [7, 11) is 1.77. The van der Waals surface area contributed by atoms with E-state index < -0.39 is 11.2 Å². The van der Waals surface area contributed by atoms with Gasteiger partial charge in [-0.3, -0.25) is 4.79 Å². The molecule has 2 aliphatic heterocycles. The molecule has 0 bridgehead atoms. The molecule has 7 nitrogen and oxygen atoms in total. The highest BCUT2D eigenvalue weighted by atomic mass is 32.2. The quantitative estimate of drug-likeness (QED) is 0.289. The summed E-state index contributed by atoms with van der Waals surface area (Å²) in [4.78, 5) is 17.6. The molecule has 0 saturated carbocycles. The Hall–Kier alpha value is -2.36. The Morgan fingerprint density at radius 3 is 2.52 bits per heavy atom. The van der Waals surface area contributed by atoms with Crippen LogP contribution in [0, 0.1) is 5.82 Å². The molecule has 1 unspecified atom stereocenters. The second-order valence-corrected chi connectivity index (χ2v) is 10.5. The molecule has 2 aliphatic rings. The largest absolute Gasteiger partial charge is 0.611 e. The van der Waals surface area contributed by atoms with Gasteiger partial charge in [-0.2, -0.15) is 0 Å². The number of likely N-dealkylation sites (tertiary alicyclic amines) is 1. The highest BCUT2D eigenvalue weighted by Gasteiger charge is 2.30. The lowest BCUT2D eigenvalue weighted by Gasteiger charge is -2.32. The minimum atomic E-state index is -1.09. The molecule has 1 amide bonds. The predicted molar refractivity (Wildman–Crippen MR) is 126 cm³/mol. The van der Waals surface area contributed by atoms with Crippen molar-refractivity contribution >= 4 is 22.8 Å². The van der Waals surface area contributed by atoms with Crippen LogP contribution in [0.3, 0.4) is 0 Å². The van der Waals surface area contributed by atoms with Crippen LogP contribution < -0.4 is 0 Å². The first-order valence-electron chi connectivity index (χ1n) is 11.5. The first-order chi connectivity index (χ1) is 16.0. The summed E-state index contributed by atoms with van der Waals surface area (Å²) in [5, 5.41) is 12.9. The second kappa shape index (κ2) is 10.7. The number of oxime groups is 1. The molecule has 9 heteroatoms. The number of carbonyl (C=O) groups is 1. The van der Waals surface area contributed by atoms with E-state index >= 15 is 0 Å². The molecule has 0 aliphatic carbocycles. The Balaban J connectivity index is 1.24. The standard InChI is InChI=1S/C24H31FN4O3S/c1-27-14-11-22(26-31)21-10-17-29(23(21)24(27)30)13-3-2-12-28-15-8-20(9-16-28)33(32)19-6-4-18(25)5-7-19/h4-7,10,17,20,31H,2-3,8-9,11-16H2,1H3. The lowest BCUT2D eigenvalue weighted by atomic mass is 10.1. The molecule has 1 fully saturated rings. The van der Waals surface area contributed by atoms with Gasteiger partial charge in [-0.1, -0.05) is 5.16 Å². The van der Waals surface area contributed by atoms with E-state index in [4.69, 9.17) is 0 Å². The number of piperidine rings is 1. The van der Waals surface area contributed by atoms with Crippen molar-refractivity contribution in [2.75, 3.05) is 33.2 Å². The number of aryl methyl sites for hydroxylation is 1. The lowest BCUT2D eigenvalue weighted by molar-refractivity contribution is 0.0790. The predicted octanol–water partition coefficient (Wildman–Crippen LogP) is 3.33. The number of fused-ring (bicyclic) bond motifs is 1. The molecule has 0 spiro atoms. The number of rotatable bonds is 7. The van der Waals surface area contributed by atoms with Gasteiger partial charge >= 0.3 is 0 Å². The molecule has 4 rings (SSSR count). The number of aromatic nitrogens is 1. The lowest BCUT2D eigenvalue weighted by Crippen LogP contribution is -2.39. The molecule has 0 radical (unpaired) electrons. The van der Waals surface area contributed by atoms with Crippen LogP contribution in [0.1, 0.15) is 48.2 Å². The Morgan fingerprint density at radius 1 is 1.12 bits per heavy atom. The zero-order valence-electron chi connectivity index (χ0n) is 19.0. The summed E-state index contributed by atoms with van der Waals surface area (Å²) in [5.41, 5.74) is 1.89. The number of nitrogens with zero attached hydrogens (tertiary/aromatic N) is 4. The minimum Gasteiger partial charge on any atom is -0.611 e. The zero-order valence-corrected chi connectivity index (χ0v) is 19.8. The molecule has 1 saturated heterocycles. The molecule has 1 aromatic heterocycles. The SMILES string of the molecule is CN1CCC(=NO)c2ccn(CCCCN3CCC([S+]([O-])c4ccc(F)cc4)CC3)c2C1=O. The summed E-state index contributed by atoms with van der Waals surface area (Å²) in [6.45, 7) is 4.07. The van der Waals surface area contributed by atoms with E-state index in [1.54, 1.807) is 24.1 Å². The van der Waals surface area contributed by atoms with Gasteiger partial charge < -0.3 is 24.1 Å². The number of halogens is 1.